The van der Waals surface area contributed by atoms with Gasteiger partial charge >= 0.3 is 7.52 Å². The molecule has 0 radical (unpaired) electrons. The Hall–Kier alpha value is -3.01. The van der Waals surface area contributed by atoms with Crippen LogP contribution in [0.3, 0.4) is 0 Å². The zero-order valence-corrected chi connectivity index (χ0v) is 19.5. The molecular weight excluding hydrogens is 433 g/mol. The molecule has 32 heavy (non-hydrogen) atoms. The van der Waals surface area contributed by atoms with Crippen molar-refractivity contribution in [1.82, 2.24) is 24.6 Å². The number of ether oxygens (including phenoxy) is 1. The van der Waals surface area contributed by atoms with Gasteiger partial charge in [-0.3, -0.25) is 9.36 Å². The predicted octanol–water partition coefficient (Wildman–Crippen LogP) is 2.29. The number of fused-ring (bicyclic) bond motifs is 1. The van der Waals surface area contributed by atoms with Crippen molar-refractivity contribution >= 4 is 36.2 Å². The molecule has 1 aromatic carbocycles. The maximum atomic E-state index is 13.4. The van der Waals surface area contributed by atoms with Crippen LogP contribution in [0.1, 0.15) is 13.8 Å². The summed E-state index contributed by atoms with van der Waals surface area (Å²) in [6, 6.07) is 8.11. The number of carbonyl (C=O) groups excluding carboxylic acids is 1. The fourth-order valence-electron chi connectivity index (χ4n) is 2.90. The number of imidazole rings is 1. The molecule has 1 unspecified atom stereocenters. The van der Waals surface area contributed by atoms with E-state index in [0.29, 0.717) is 29.3 Å². The molecule has 12 heteroatoms. The van der Waals surface area contributed by atoms with Crippen molar-refractivity contribution in [2.45, 2.75) is 26.4 Å². The quantitative estimate of drug-likeness (QED) is 0.323. The van der Waals surface area contributed by atoms with E-state index in [1.807, 2.05) is 25.1 Å². The number of nitrogens with zero attached hydrogens (tertiary/aromatic N) is 5. The molecule has 0 aliphatic rings. The molecule has 0 spiro atoms. The lowest BCUT2D eigenvalue weighted by molar-refractivity contribution is -0.118. The number of nitrogens with one attached hydrogen (secondary N) is 1. The Morgan fingerprint density at radius 2 is 2.00 bits per heavy atom. The number of nitrogen functional groups attached to an aromatic ring is 1. The molecule has 3 rings (SSSR count). The van der Waals surface area contributed by atoms with E-state index in [1.54, 1.807) is 42.1 Å². The molecule has 0 saturated carbocycles. The summed E-state index contributed by atoms with van der Waals surface area (Å²) in [6.45, 7) is 3.66. The van der Waals surface area contributed by atoms with E-state index >= 15 is 0 Å². The third-order valence-electron chi connectivity index (χ3n) is 4.62. The van der Waals surface area contributed by atoms with Gasteiger partial charge in [-0.05, 0) is 26.0 Å². The number of anilines is 2. The molecule has 0 aliphatic heterocycles. The molecular formula is C20H28N7O4P. The molecule has 0 saturated heterocycles. The lowest BCUT2D eigenvalue weighted by Gasteiger charge is -2.23. The Balaban J connectivity index is 1.68. The van der Waals surface area contributed by atoms with Crippen molar-refractivity contribution in [1.29, 1.82) is 0 Å². The average Bonchev–Trinajstić information content (AvgIpc) is 3.13. The summed E-state index contributed by atoms with van der Waals surface area (Å²) in [6.07, 6.45) is 1.41. The number of benzene rings is 1. The molecule has 172 valence electrons. The fourth-order valence-corrected chi connectivity index (χ4v) is 4.68. The first kappa shape index (κ1) is 23.6. The van der Waals surface area contributed by atoms with Crippen molar-refractivity contribution in [2.24, 2.45) is 0 Å². The lowest BCUT2D eigenvalue weighted by Crippen LogP contribution is -2.32. The highest BCUT2D eigenvalue weighted by molar-refractivity contribution is 7.57. The molecule has 0 aliphatic carbocycles. The van der Waals surface area contributed by atoms with Crippen LogP contribution in [0.4, 0.5) is 11.8 Å². The Labute approximate surface area is 186 Å². The van der Waals surface area contributed by atoms with Crippen LogP contribution in [0.15, 0.2) is 36.7 Å². The third-order valence-corrected chi connectivity index (χ3v) is 6.43. The summed E-state index contributed by atoms with van der Waals surface area (Å²) in [5.41, 5.74) is 7.04. The first-order chi connectivity index (χ1) is 15.2. The molecule has 3 N–H and O–H groups in total. The van der Waals surface area contributed by atoms with E-state index in [0.717, 1.165) is 0 Å². The largest absolute Gasteiger partial charge is 0.431 e. The predicted molar refractivity (Wildman–Crippen MR) is 123 cm³/mol. The standard InChI is InChI=1S/C20H28N7O4P/c1-14(15(2)28)25-32(29,31-16-8-6-5-7-9-16)13-30-11-10-27-12-22-17-18(26(3)4)23-20(21)24-19(17)27/h5-9,12,14H,10-11,13H2,1-4H3,(H,25,29)(H2,21,23,24)/t14-,32?/m0/s1. The van der Waals surface area contributed by atoms with E-state index < -0.39 is 13.6 Å². The Bertz CT molecular complexity index is 1120. The number of Topliss-reactive ketones (excluding diaryl/α,β-unsaturated/α-hetero) is 1. The van der Waals surface area contributed by atoms with Crippen molar-refractivity contribution in [2.75, 3.05) is 37.7 Å². The minimum Gasteiger partial charge on any atom is -0.431 e. The first-order valence-electron chi connectivity index (χ1n) is 10.0. The zero-order chi connectivity index (χ0) is 23.3. The second-order valence-electron chi connectivity index (χ2n) is 7.49. The highest BCUT2D eigenvalue weighted by Gasteiger charge is 2.29. The summed E-state index contributed by atoms with van der Waals surface area (Å²) >= 11 is 0. The van der Waals surface area contributed by atoms with Gasteiger partial charge in [0.05, 0.1) is 19.0 Å². The number of aromatic nitrogens is 4. The van der Waals surface area contributed by atoms with Crippen molar-refractivity contribution in [3.05, 3.63) is 36.7 Å². The van der Waals surface area contributed by atoms with Crippen LogP contribution in [-0.4, -0.2) is 58.4 Å². The molecule has 2 aromatic heterocycles. The summed E-state index contributed by atoms with van der Waals surface area (Å²) in [7, 11) is 0.195. The smallest absolute Gasteiger partial charge is 0.342 e. The van der Waals surface area contributed by atoms with Gasteiger partial charge in [-0.1, -0.05) is 18.2 Å². The molecule has 2 heterocycles. The topological polar surface area (TPSA) is 137 Å². The highest BCUT2D eigenvalue weighted by atomic mass is 31.2. The summed E-state index contributed by atoms with van der Waals surface area (Å²) in [5.74, 6) is 1.04. The Morgan fingerprint density at radius 1 is 1.28 bits per heavy atom. The van der Waals surface area contributed by atoms with Crippen LogP contribution in [0, 0.1) is 0 Å². The van der Waals surface area contributed by atoms with E-state index in [2.05, 4.69) is 20.0 Å². The second kappa shape index (κ2) is 10.1. The van der Waals surface area contributed by atoms with Crippen LogP contribution in [0.5, 0.6) is 5.75 Å². The normalized spacial score (nSPS) is 14.1. The van der Waals surface area contributed by atoms with Crippen molar-refractivity contribution in [3.63, 3.8) is 0 Å². The van der Waals surface area contributed by atoms with Crippen molar-refractivity contribution in [3.8, 4) is 5.75 Å². The van der Waals surface area contributed by atoms with Crippen LogP contribution in [0.2, 0.25) is 0 Å². The van der Waals surface area contributed by atoms with E-state index in [9.17, 15) is 9.36 Å². The lowest BCUT2D eigenvalue weighted by atomic mass is 10.3. The van der Waals surface area contributed by atoms with Crippen LogP contribution < -0.4 is 20.2 Å². The van der Waals surface area contributed by atoms with Gasteiger partial charge in [0, 0.05) is 20.6 Å². The van der Waals surface area contributed by atoms with Crippen molar-refractivity contribution < 1.29 is 18.6 Å². The Morgan fingerprint density at radius 3 is 2.66 bits per heavy atom. The summed E-state index contributed by atoms with van der Waals surface area (Å²) < 4.78 is 26.5. The average molecular weight is 461 g/mol. The maximum Gasteiger partial charge on any atom is 0.342 e. The SMILES string of the molecule is CC(=O)[C@H](C)NP(=O)(COCCn1cnc2c(N(C)C)nc(N)nc21)Oc1ccccc1. The zero-order valence-electron chi connectivity index (χ0n) is 18.6. The van der Waals surface area contributed by atoms with E-state index in [-0.39, 0.29) is 24.7 Å². The highest BCUT2D eigenvalue weighted by Crippen LogP contribution is 2.43. The minimum absolute atomic E-state index is 0.145. The summed E-state index contributed by atoms with van der Waals surface area (Å²) in [5, 5.41) is 2.79. The number of nitrogens with two attached hydrogens (primary N) is 1. The van der Waals surface area contributed by atoms with Gasteiger partial charge in [0.1, 0.15) is 17.9 Å². The van der Waals surface area contributed by atoms with Gasteiger partial charge in [0.2, 0.25) is 5.95 Å². The molecule has 0 fully saturated rings. The third kappa shape index (κ3) is 5.82. The molecule has 2 atom stereocenters. The second-order valence-corrected chi connectivity index (χ2v) is 9.53. The number of ketones is 1. The maximum absolute atomic E-state index is 13.4. The fraction of sp³-hybridized carbons (Fsp3) is 0.400. The molecule has 0 bridgehead atoms. The van der Waals surface area contributed by atoms with Gasteiger partial charge in [-0.25, -0.2) is 10.1 Å². The molecule has 3 aromatic rings. The Kier molecular flexibility index (Phi) is 7.44. The number of hydrogen-bond donors (Lipinski definition) is 2. The van der Waals surface area contributed by atoms with E-state index in [4.69, 9.17) is 15.0 Å². The molecule has 11 nitrogen and oxygen atoms in total. The monoisotopic (exact) mass is 461 g/mol. The van der Waals surface area contributed by atoms with E-state index in [1.165, 1.54) is 6.92 Å². The van der Waals surface area contributed by atoms with Crippen LogP contribution in [-0.2, 0) is 20.6 Å². The van der Waals surface area contributed by atoms with Gasteiger partial charge in [-0.2, -0.15) is 9.97 Å². The number of para-hydroxylation sites is 1. The minimum atomic E-state index is -3.50. The molecule has 0 amide bonds. The van der Waals surface area contributed by atoms with Gasteiger partial charge in [-0.15, -0.1) is 0 Å². The number of rotatable bonds is 11. The summed E-state index contributed by atoms with van der Waals surface area (Å²) in [4.78, 5) is 26.4. The van der Waals surface area contributed by atoms with Gasteiger partial charge < -0.3 is 24.5 Å². The van der Waals surface area contributed by atoms with Crippen LogP contribution >= 0.6 is 7.52 Å². The van der Waals surface area contributed by atoms with Gasteiger partial charge in [0.15, 0.2) is 17.0 Å². The number of hydrogen-bond acceptors (Lipinski definition) is 9. The van der Waals surface area contributed by atoms with Crippen LogP contribution in [0.25, 0.3) is 11.2 Å². The number of carbonyl (C=O) groups is 1. The first-order valence-corrected chi connectivity index (χ1v) is 11.8. The van der Waals surface area contributed by atoms with Gasteiger partial charge in [0.25, 0.3) is 0 Å².